The number of nitrogens with zero attached hydrogens (tertiary/aromatic N) is 4. The maximum atomic E-state index is 12.7. The van der Waals surface area contributed by atoms with E-state index in [1.807, 2.05) is 48.5 Å². The summed E-state index contributed by atoms with van der Waals surface area (Å²) in [5, 5.41) is 4.87. The maximum absolute atomic E-state index is 12.7. The lowest BCUT2D eigenvalue weighted by molar-refractivity contribution is 0.0342. The van der Waals surface area contributed by atoms with Crippen molar-refractivity contribution in [2.24, 2.45) is 0 Å². The van der Waals surface area contributed by atoms with Gasteiger partial charge in [0, 0.05) is 54.7 Å². The Balaban J connectivity index is 1.29. The maximum Gasteiger partial charge on any atom is 0.256 e. The first-order chi connectivity index (χ1) is 15.7. The van der Waals surface area contributed by atoms with E-state index in [1.165, 1.54) is 5.56 Å². The third-order valence-electron chi connectivity index (χ3n) is 5.55. The molecule has 0 bridgehead atoms. The summed E-state index contributed by atoms with van der Waals surface area (Å²) in [5.41, 5.74) is 3.55. The fourth-order valence-corrected chi connectivity index (χ4v) is 3.78. The van der Waals surface area contributed by atoms with Crippen LogP contribution in [0.3, 0.4) is 0 Å². The van der Waals surface area contributed by atoms with Crippen molar-refractivity contribution >= 4 is 22.5 Å². The van der Waals surface area contributed by atoms with Gasteiger partial charge in [-0.3, -0.25) is 19.7 Å². The van der Waals surface area contributed by atoms with Crippen molar-refractivity contribution in [3.8, 4) is 11.3 Å². The second kappa shape index (κ2) is 9.21. The van der Waals surface area contributed by atoms with Crippen molar-refractivity contribution in [3.63, 3.8) is 0 Å². The Bertz CT molecular complexity index is 1220. The summed E-state index contributed by atoms with van der Waals surface area (Å²) < 4.78 is 5.39. The largest absolute Gasteiger partial charge is 0.379 e. The highest BCUT2D eigenvalue weighted by Crippen LogP contribution is 2.24. The van der Waals surface area contributed by atoms with Crippen LogP contribution in [0, 0.1) is 0 Å². The molecule has 160 valence electrons. The van der Waals surface area contributed by atoms with Crippen LogP contribution in [-0.4, -0.2) is 52.1 Å². The number of hydrogen-bond acceptors (Lipinski definition) is 6. The molecular formula is C25H23N5O2. The number of benzene rings is 2. The van der Waals surface area contributed by atoms with Gasteiger partial charge in [-0.05, 0) is 35.2 Å². The predicted molar refractivity (Wildman–Crippen MR) is 123 cm³/mol. The Labute approximate surface area is 186 Å². The average Bonchev–Trinajstić information content (AvgIpc) is 2.85. The number of fused-ring (bicyclic) bond motifs is 1. The minimum absolute atomic E-state index is 0.181. The number of morpholine rings is 1. The molecule has 1 fully saturated rings. The number of ether oxygens (including phenoxy) is 1. The van der Waals surface area contributed by atoms with Crippen molar-refractivity contribution in [1.29, 1.82) is 0 Å². The van der Waals surface area contributed by atoms with E-state index in [-0.39, 0.29) is 5.91 Å². The van der Waals surface area contributed by atoms with Gasteiger partial charge in [0.05, 0.1) is 25.1 Å². The molecule has 0 saturated carbocycles. The topological polar surface area (TPSA) is 80.2 Å². The molecule has 0 aliphatic carbocycles. The number of carbonyl (C=O) groups is 1. The average molecular weight is 425 g/mol. The lowest BCUT2D eigenvalue weighted by Crippen LogP contribution is -2.35. The zero-order valence-electron chi connectivity index (χ0n) is 17.6. The van der Waals surface area contributed by atoms with Crippen LogP contribution in [0.2, 0.25) is 0 Å². The third-order valence-corrected chi connectivity index (χ3v) is 5.55. The number of anilines is 1. The highest BCUT2D eigenvalue weighted by Gasteiger charge is 2.12. The Morgan fingerprint density at radius 1 is 0.938 bits per heavy atom. The summed E-state index contributed by atoms with van der Waals surface area (Å²) in [6, 6.07) is 15.6. The van der Waals surface area contributed by atoms with Gasteiger partial charge in [-0.25, -0.2) is 4.98 Å². The molecule has 2 aromatic carbocycles. The fourth-order valence-electron chi connectivity index (χ4n) is 3.78. The van der Waals surface area contributed by atoms with Crippen LogP contribution >= 0.6 is 0 Å². The molecule has 0 unspecified atom stereocenters. The van der Waals surface area contributed by atoms with E-state index in [2.05, 4.69) is 25.2 Å². The number of nitrogens with one attached hydrogen (secondary N) is 1. The molecule has 32 heavy (non-hydrogen) atoms. The van der Waals surface area contributed by atoms with Gasteiger partial charge in [-0.2, -0.15) is 0 Å². The minimum Gasteiger partial charge on any atom is -0.379 e. The number of amides is 1. The first-order valence-electron chi connectivity index (χ1n) is 10.6. The van der Waals surface area contributed by atoms with E-state index in [0.29, 0.717) is 11.4 Å². The summed E-state index contributed by atoms with van der Waals surface area (Å²) in [6.07, 6.45) is 6.81. The standard InChI is InChI=1S/C25H23N5O2/c31-25(19-3-1-18(2-4-19)17-30-9-11-32-12-10-30)29-24-14-22-13-20(5-6-21(22)15-28-24)23-16-26-7-8-27-23/h1-8,13-16H,9-12,17H2,(H,28,29,31). The second-order valence-electron chi connectivity index (χ2n) is 7.76. The van der Waals surface area contributed by atoms with Gasteiger partial charge < -0.3 is 10.1 Å². The Morgan fingerprint density at radius 2 is 1.78 bits per heavy atom. The minimum atomic E-state index is -0.181. The van der Waals surface area contributed by atoms with Crippen molar-refractivity contribution in [1.82, 2.24) is 19.9 Å². The molecule has 1 saturated heterocycles. The van der Waals surface area contributed by atoms with Crippen molar-refractivity contribution in [2.75, 3.05) is 31.6 Å². The van der Waals surface area contributed by atoms with Gasteiger partial charge in [0.15, 0.2) is 0 Å². The smallest absolute Gasteiger partial charge is 0.256 e. The van der Waals surface area contributed by atoms with E-state index < -0.39 is 0 Å². The monoisotopic (exact) mass is 425 g/mol. The molecule has 1 N–H and O–H groups in total. The Morgan fingerprint density at radius 3 is 2.56 bits per heavy atom. The van der Waals surface area contributed by atoms with E-state index >= 15 is 0 Å². The first kappa shape index (κ1) is 20.2. The first-order valence-corrected chi connectivity index (χ1v) is 10.6. The van der Waals surface area contributed by atoms with Crippen LogP contribution in [0.5, 0.6) is 0 Å². The lowest BCUT2D eigenvalue weighted by atomic mass is 10.1. The highest BCUT2D eigenvalue weighted by atomic mass is 16.5. The summed E-state index contributed by atoms with van der Waals surface area (Å²) in [4.78, 5) is 28.0. The molecule has 0 spiro atoms. The summed E-state index contributed by atoms with van der Waals surface area (Å²) in [7, 11) is 0. The highest BCUT2D eigenvalue weighted by molar-refractivity contribution is 6.04. The van der Waals surface area contributed by atoms with Gasteiger partial charge in [0.25, 0.3) is 5.91 Å². The van der Waals surface area contributed by atoms with Crippen LogP contribution in [-0.2, 0) is 11.3 Å². The summed E-state index contributed by atoms with van der Waals surface area (Å²) in [5.74, 6) is 0.330. The van der Waals surface area contributed by atoms with E-state index in [9.17, 15) is 4.79 Å². The molecule has 1 aliphatic heterocycles. The van der Waals surface area contributed by atoms with Crippen LogP contribution in [0.25, 0.3) is 22.0 Å². The van der Waals surface area contributed by atoms with Crippen molar-refractivity contribution in [2.45, 2.75) is 6.54 Å². The molecule has 4 aromatic rings. The SMILES string of the molecule is O=C(Nc1cc2cc(-c3cnccn3)ccc2cn1)c1ccc(CN2CCOCC2)cc1. The van der Waals surface area contributed by atoms with Gasteiger partial charge in [0.2, 0.25) is 0 Å². The van der Waals surface area contributed by atoms with Gasteiger partial charge >= 0.3 is 0 Å². The van der Waals surface area contributed by atoms with Crippen LogP contribution in [0.15, 0.2) is 73.3 Å². The molecule has 7 heteroatoms. The van der Waals surface area contributed by atoms with E-state index in [4.69, 9.17) is 4.74 Å². The molecule has 0 atom stereocenters. The predicted octanol–water partition coefficient (Wildman–Crippen LogP) is 3.78. The summed E-state index contributed by atoms with van der Waals surface area (Å²) in [6.45, 7) is 4.30. The molecule has 1 aliphatic rings. The van der Waals surface area contributed by atoms with Crippen molar-refractivity contribution in [3.05, 3.63) is 84.4 Å². The molecule has 3 heterocycles. The zero-order valence-corrected chi connectivity index (χ0v) is 17.6. The van der Waals surface area contributed by atoms with Gasteiger partial charge in [-0.1, -0.05) is 24.3 Å². The van der Waals surface area contributed by atoms with Crippen LogP contribution < -0.4 is 5.32 Å². The quantitative estimate of drug-likeness (QED) is 0.524. The number of rotatable bonds is 5. The number of pyridine rings is 1. The normalized spacial score (nSPS) is 14.4. The van der Waals surface area contributed by atoms with Crippen LogP contribution in [0.4, 0.5) is 5.82 Å². The Kier molecular flexibility index (Phi) is 5.83. The molecule has 0 radical (unpaired) electrons. The number of aromatic nitrogens is 3. The number of carbonyl (C=O) groups excluding carboxylic acids is 1. The van der Waals surface area contributed by atoms with Gasteiger partial charge in [0.1, 0.15) is 5.82 Å². The number of hydrogen-bond donors (Lipinski definition) is 1. The zero-order chi connectivity index (χ0) is 21.8. The molecular weight excluding hydrogens is 402 g/mol. The lowest BCUT2D eigenvalue weighted by Gasteiger charge is -2.26. The van der Waals surface area contributed by atoms with Crippen LogP contribution in [0.1, 0.15) is 15.9 Å². The second-order valence-corrected chi connectivity index (χ2v) is 7.76. The third kappa shape index (κ3) is 4.64. The van der Waals surface area contributed by atoms with E-state index in [1.54, 1.807) is 24.8 Å². The van der Waals surface area contributed by atoms with Gasteiger partial charge in [-0.15, -0.1) is 0 Å². The molecule has 7 nitrogen and oxygen atoms in total. The fraction of sp³-hybridized carbons (Fsp3) is 0.200. The van der Waals surface area contributed by atoms with Crippen molar-refractivity contribution < 1.29 is 9.53 Å². The summed E-state index contributed by atoms with van der Waals surface area (Å²) >= 11 is 0. The molecule has 1 amide bonds. The van der Waals surface area contributed by atoms with E-state index in [0.717, 1.165) is 54.9 Å². The molecule has 2 aromatic heterocycles. The Hall–Kier alpha value is -3.68. The molecule has 5 rings (SSSR count).